The molecule has 1 saturated heterocycles. The Labute approximate surface area is 65.1 Å². The van der Waals surface area contributed by atoms with E-state index in [1.165, 1.54) is 6.26 Å². The molecular formula is C7H11NO3. The average molecular weight is 157 g/mol. The number of carbonyl (C=O) groups is 1. The van der Waals surface area contributed by atoms with Crippen LogP contribution in [-0.4, -0.2) is 18.6 Å². The summed E-state index contributed by atoms with van der Waals surface area (Å²) >= 11 is 0. The van der Waals surface area contributed by atoms with Crippen LogP contribution in [0.5, 0.6) is 0 Å². The molecule has 0 saturated carbocycles. The summed E-state index contributed by atoms with van der Waals surface area (Å²) in [5.74, 6) is -0.356. The lowest BCUT2D eigenvalue weighted by atomic mass is 10.2. The highest BCUT2D eigenvalue weighted by Gasteiger charge is 2.27. The van der Waals surface area contributed by atoms with Crippen LogP contribution in [0, 0.1) is 0 Å². The Balaban J connectivity index is 2.60. The number of hydrogen-bond donors (Lipinski definition) is 1. The first-order valence-corrected chi connectivity index (χ1v) is 3.54. The van der Waals surface area contributed by atoms with E-state index in [-0.39, 0.29) is 12.0 Å². The van der Waals surface area contributed by atoms with E-state index < -0.39 is 0 Å². The lowest BCUT2D eigenvalue weighted by Gasteiger charge is -1.98. The zero-order chi connectivity index (χ0) is 8.27. The maximum atomic E-state index is 10.9. The Morgan fingerprint density at radius 3 is 3.00 bits per heavy atom. The van der Waals surface area contributed by atoms with Gasteiger partial charge in [0, 0.05) is 0 Å². The Hall–Kier alpha value is -1.03. The molecular weight excluding hydrogens is 146 g/mol. The zero-order valence-corrected chi connectivity index (χ0v) is 6.59. The van der Waals surface area contributed by atoms with Gasteiger partial charge in [0.1, 0.15) is 0 Å². The minimum atomic E-state index is -0.356. The summed E-state index contributed by atoms with van der Waals surface area (Å²) < 4.78 is 4.96. The topological polar surface area (TPSA) is 47.6 Å². The molecule has 0 aromatic rings. The first kappa shape index (κ1) is 8.07. The molecule has 1 rings (SSSR count). The fourth-order valence-electron chi connectivity index (χ4n) is 0.764. The van der Waals surface area contributed by atoms with Gasteiger partial charge in [0.2, 0.25) is 0 Å². The lowest BCUT2D eigenvalue weighted by Crippen LogP contribution is -2.16. The van der Waals surface area contributed by atoms with Crippen LogP contribution < -0.4 is 5.48 Å². The maximum Gasteiger partial charge on any atom is 0.357 e. The van der Waals surface area contributed by atoms with Gasteiger partial charge in [0.05, 0.1) is 24.5 Å². The summed E-state index contributed by atoms with van der Waals surface area (Å²) in [6, 6.07) is -0.0750. The van der Waals surface area contributed by atoms with Gasteiger partial charge in [0.15, 0.2) is 0 Å². The monoisotopic (exact) mass is 157 g/mol. The van der Waals surface area contributed by atoms with Crippen molar-refractivity contribution in [2.24, 2.45) is 0 Å². The minimum absolute atomic E-state index is 0.0750. The van der Waals surface area contributed by atoms with Gasteiger partial charge in [-0.25, -0.2) is 4.79 Å². The first-order valence-electron chi connectivity index (χ1n) is 3.54. The van der Waals surface area contributed by atoms with Crippen LogP contribution in [-0.2, 0) is 14.4 Å². The quantitative estimate of drug-likeness (QED) is 0.464. The number of hydroxylamine groups is 1. The normalized spacial score (nSPS) is 27.3. The Kier molecular flexibility index (Phi) is 2.48. The molecule has 1 heterocycles. The number of carbonyl (C=O) groups excluding carboxylic acids is 1. The Morgan fingerprint density at radius 1 is 1.82 bits per heavy atom. The summed E-state index contributed by atoms with van der Waals surface area (Å²) in [6.07, 6.45) is 1.44. The van der Waals surface area contributed by atoms with E-state index in [2.05, 4.69) is 10.3 Å². The maximum absolute atomic E-state index is 10.9. The summed E-state index contributed by atoms with van der Waals surface area (Å²) in [4.78, 5) is 15.4. The molecule has 11 heavy (non-hydrogen) atoms. The van der Waals surface area contributed by atoms with Crippen LogP contribution in [0.15, 0.2) is 11.8 Å². The molecule has 1 fully saturated rings. The van der Waals surface area contributed by atoms with Crippen LogP contribution in [0.1, 0.15) is 13.8 Å². The van der Waals surface area contributed by atoms with Crippen LogP contribution in [0.4, 0.5) is 0 Å². The molecule has 62 valence electrons. The van der Waals surface area contributed by atoms with Gasteiger partial charge < -0.3 is 9.57 Å². The largest absolute Gasteiger partial charge is 0.501 e. The third-order valence-electron chi connectivity index (χ3n) is 1.41. The minimum Gasteiger partial charge on any atom is -0.501 e. The third kappa shape index (κ3) is 1.71. The van der Waals surface area contributed by atoms with Gasteiger partial charge in [-0.1, -0.05) is 0 Å². The Morgan fingerprint density at radius 2 is 2.55 bits per heavy atom. The predicted octanol–water partition coefficient (Wildman–Crippen LogP) is 0.357. The van der Waals surface area contributed by atoms with Crippen molar-refractivity contribution in [3.05, 3.63) is 11.8 Å². The average Bonchev–Trinajstić information content (AvgIpc) is 2.29. The van der Waals surface area contributed by atoms with E-state index in [0.717, 1.165) is 0 Å². The molecule has 1 aliphatic rings. The molecule has 1 unspecified atom stereocenters. The van der Waals surface area contributed by atoms with Crippen molar-refractivity contribution in [1.82, 2.24) is 5.48 Å². The van der Waals surface area contributed by atoms with Crippen molar-refractivity contribution in [2.45, 2.75) is 19.9 Å². The number of hydrogen-bond acceptors (Lipinski definition) is 4. The van der Waals surface area contributed by atoms with E-state index in [1.54, 1.807) is 0 Å². The highest BCUT2D eigenvalue weighted by Crippen LogP contribution is 2.10. The van der Waals surface area contributed by atoms with Crippen molar-refractivity contribution >= 4 is 5.97 Å². The fraction of sp³-hybridized carbons (Fsp3) is 0.571. The first-order chi connectivity index (χ1) is 5.25. The van der Waals surface area contributed by atoms with Crippen molar-refractivity contribution in [1.29, 1.82) is 0 Å². The van der Waals surface area contributed by atoms with Gasteiger partial charge >= 0.3 is 5.97 Å². The molecule has 1 aliphatic heterocycles. The second-order valence-corrected chi connectivity index (χ2v) is 2.26. The van der Waals surface area contributed by atoms with E-state index >= 15 is 0 Å². The van der Waals surface area contributed by atoms with E-state index in [4.69, 9.17) is 4.74 Å². The van der Waals surface area contributed by atoms with Gasteiger partial charge in [-0.15, -0.1) is 5.48 Å². The SMILES string of the molecule is CCOC=C1C(=O)ONC1C. The van der Waals surface area contributed by atoms with Crippen molar-refractivity contribution in [3.8, 4) is 0 Å². The second kappa shape index (κ2) is 3.39. The molecule has 0 aromatic heterocycles. The number of rotatable bonds is 2. The number of ether oxygens (including phenoxy) is 1. The summed E-state index contributed by atoms with van der Waals surface area (Å²) in [7, 11) is 0. The van der Waals surface area contributed by atoms with Gasteiger partial charge in [-0.2, -0.15) is 0 Å². The summed E-state index contributed by atoms with van der Waals surface area (Å²) in [6.45, 7) is 4.24. The van der Waals surface area contributed by atoms with E-state index in [1.807, 2.05) is 13.8 Å². The smallest absolute Gasteiger partial charge is 0.357 e. The van der Waals surface area contributed by atoms with E-state index in [0.29, 0.717) is 12.2 Å². The van der Waals surface area contributed by atoms with Crippen molar-refractivity contribution < 1.29 is 14.4 Å². The van der Waals surface area contributed by atoms with Gasteiger partial charge in [0.25, 0.3) is 0 Å². The van der Waals surface area contributed by atoms with Crippen LogP contribution in [0.3, 0.4) is 0 Å². The zero-order valence-electron chi connectivity index (χ0n) is 6.59. The second-order valence-electron chi connectivity index (χ2n) is 2.26. The molecule has 0 spiro atoms. The van der Waals surface area contributed by atoms with Crippen molar-refractivity contribution in [3.63, 3.8) is 0 Å². The molecule has 0 aliphatic carbocycles. The Bertz CT molecular complexity index is 188. The highest BCUT2D eigenvalue weighted by atomic mass is 16.7. The highest BCUT2D eigenvalue weighted by molar-refractivity contribution is 5.90. The van der Waals surface area contributed by atoms with Crippen LogP contribution >= 0.6 is 0 Å². The van der Waals surface area contributed by atoms with Gasteiger partial charge in [-0.3, -0.25) is 0 Å². The molecule has 4 nitrogen and oxygen atoms in total. The fourth-order valence-corrected chi connectivity index (χ4v) is 0.764. The van der Waals surface area contributed by atoms with Gasteiger partial charge in [-0.05, 0) is 13.8 Å². The number of nitrogens with one attached hydrogen (secondary N) is 1. The summed E-state index contributed by atoms with van der Waals surface area (Å²) in [5.41, 5.74) is 3.06. The molecule has 0 bridgehead atoms. The molecule has 4 heteroatoms. The van der Waals surface area contributed by atoms with E-state index in [9.17, 15) is 4.79 Å². The molecule has 0 aromatic carbocycles. The summed E-state index contributed by atoms with van der Waals surface area (Å²) in [5, 5.41) is 0. The van der Waals surface area contributed by atoms with Crippen LogP contribution in [0.2, 0.25) is 0 Å². The molecule has 0 radical (unpaired) electrons. The predicted molar refractivity (Wildman–Crippen MR) is 38.4 cm³/mol. The third-order valence-corrected chi connectivity index (χ3v) is 1.41. The molecule has 0 amide bonds. The van der Waals surface area contributed by atoms with Crippen LogP contribution in [0.25, 0.3) is 0 Å². The van der Waals surface area contributed by atoms with Crippen molar-refractivity contribution in [2.75, 3.05) is 6.61 Å². The molecule has 1 N–H and O–H groups in total. The molecule has 1 atom stereocenters. The lowest BCUT2D eigenvalue weighted by molar-refractivity contribution is -0.140. The standard InChI is InChI=1S/C7H11NO3/c1-3-10-4-6-5(2)8-11-7(6)9/h4-5,8H,3H2,1-2H3.